The Hall–Kier alpha value is -1.68. The van der Waals surface area contributed by atoms with Gasteiger partial charge in [-0.1, -0.05) is 39.0 Å². The fourth-order valence-corrected chi connectivity index (χ4v) is 3.82. The monoisotopic (exact) mass is 301 g/mol. The molecular weight excluding hydrogens is 278 g/mol. The molecular formula is C18H23NO3. The van der Waals surface area contributed by atoms with Crippen LogP contribution >= 0.6 is 0 Å². The summed E-state index contributed by atoms with van der Waals surface area (Å²) in [5.74, 6) is -0.814. The normalized spacial score (nSPS) is 31.8. The third-order valence-corrected chi connectivity index (χ3v) is 5.31. The summed E-state index contributed by atoms with van der Waals surface area (Å²) < 4.78 is 0. The van der Waals surface area contributed by atoms with Crippen LogP contribution in [0.4, 0.5) is 5.69 Å². The predicted octanol–water partition coefficient (Wildman–Crippen LogP) is 2.86. The number of hydrogen-bond acceptors (Lipinski definition) is 3. The molecule has 1 aromatic carbocycles. The molecule has 4 heteroatoms. The summed E-state index contributed by atoms with van der Waals surface area (Å²) in [6, 6.07) is 7.10. The molecule has 0 aromatic heterocycles. The minimum absolute atomic E-state index is 0.00477. The van der Waals surface area contributed by atoms with Gasteiger partial charge in [0.15, 0.2) is 5.60 Å². The summed E-state index contributed by atoms with van der Waals surface area (Å²) in [7, 11) is 0. The average Bonchev–Trinajstić information content (AvgIpc) is 2.71. The van der Waals surface area contributed by atoms with Crippen LogP contribution in [0.3, 0.4) is 0 Å². The van der Waals surface area contributed by atoms with Gasteiger partial charge >= 0.3 is 0 Å². The Kier molecular flexibility index (Phi) is 3.40. The quantitative estimate of drug-likeness (QED) is 0.838. The van der Waals surface area contributed by atoms with Gasteiger partial charge in [-0.3, -0.25) is 9.59 Å². The molecule has 1 aromatic rings. The largest absolute Gasteiger partial charge is 0.375 e. The van der Waals surface area contributed by atoms with Gasteiger partial charge < -0.3 is 10.4 Å². The Labute approximate surface area is 130 Å². The highest BCUT2D eigenvalue weighted by molar-refractivity contribution is 6.08. The Bertz CT molecular complexity index is 631. The molecule has 118 valence electrons. The lowest BCUT2D eigenvalue weighted by molar-refractivity contribution is -0.153. The highest BCUT2D eigenvalue weighted by Crippen LogP contribution is 2.49. The van der Waals surface area contributed by atoms with Crippen molar-refractivity contribution in [3.63, 3.8) is 0 Å². The van der Waals surface area contributed by atoms with Crippen molar-refractivity contribution < 1.29 is 14.7 Å². The summed E-state index contributed by atoms with van der Waals surface area (Å²) in [5, 5.41) is 13.9. The molecule has 0 radical (unpaired) electrons. The van der Waals surface area contributed by atoms with Crippen molar-refractivity contribution in [3.05, 3.63) is 29.8 Å². The second kappa shape index (κ2) is 4.92. The summed E-state index contributed by atoms with van der Waals surface area (Å²) >= 11 is 0. The van der Waals surface area contributed by atoms with Crippen LogP contribution in [0.15, 0.2) is 24.3 Å². The smallest absolute Gasteiger partial charge is 0.261 e. The van der Waals surface area contributed by atoms with E-state index in [-0.39, 0.29) is 11.2 Å². The van der Waals surface area contributed by atoms with E-state index in [2.05, 4.69) is 26.1 Å². The van der Waals surface area contributed by atoms with E-state index < -0.39 is 17.4 Å². The van der Waals surface area contributed by atoms with Crippen molar-refractivity contribution in [2.24, 2.45) is 17.3 Å². The number of hydrogen-bond donors (Lipinski definition) is 2. The lowest BCUT2D eigenvalue weighted by Gasteiger charge is -2.41. The summed E-state index contributed by atoms with van der Waals surface area (Å²) in [4.78, 5) is 24.9. The lowest BCUT2D eigenvalue weighted by atomic mass is 9.63. The number of Topliss-reactive ketones (excluding diaryl/α,β-unsaturated/α-hetero) is 1. The van der Waals surface area contributed by atoms with Gasteiger partial charge in [-0.2, -0.15) is 0 Å². The zero-order valence-electron chi connectivity index (χ0n) is 13.3. The first-order valence-corrected chi connectivity index (χ1v) is 7.90. The molecule has 3 rings (SSSR count). The van der Waals surface area contributed by atoms with Gasteiger partial charge in [-0.05, 0) is 30.2 Å². The second-order valence-electron chi connectivity index (χ2n) is 7.62. The zero-order chi connectivity index (χ0) is 16.1. The van der Waals surface area contributed by atoms with E-state index in [1.54, 1.807) is 18.2 Å². The van der Waals surface area contributed by atoms with Gasteiger partial charge in [0.1, 0.15) is 5.78 Å². The minimum atomic E-state index is -1.72. The molecule has 0 bridgehead atoms. The molecule has 0 spiro atoms. The molecule has 1 fully saturated rings. The van der Waals surface area contributed by atoms with Crippen LogP contribution in [-0.2, 0) is 15.2 Å². The average molecular weight is 301 g/mol. The number of carbonyl (C=O) groups is 2. The molecule has 4 nitrogen and oxygen atoms in total. The van der Waals surface area contributed by atoms with E-state index in [0.717, 1.165) is 6.42 Å². The van der Waals surface area contributed by atoms with Crippen molar-refractivity contribution >= 4 is 17.4 Å². The van der Waals surface area contributed by atoms with Crippen LogP contribution in [-0.4, -0.2) is 16.8 Å². The standard InChI is InChI=1S/C18H23NO3/c1-17(2,3)11-8-9-15(20)13(10-11)18(22)12-6-4-5-7-14(12)19-16(18)21/h4-7,11,13,22H,8-10H2,1-3H3,(H,19,21)/t11-,13+,18+/m0/s1. The third kappa shape index (κ3) is 2.17. The molecule has 2 aliphatic rings. The molecule has 1 aliphatic heterocycles. The van der Waals surface area contributed by atoms with Crippen LogP contribution < -0.4 is 5.32 Å². The number of rotatable bonds is 1. The van der Waals surface area contributed by atoms with Gasteiger partial charge in [0.2, 0.25) is 0 Å². The molecule has 0 unspecified atom stereocenters. The summed E-state index contributed by atoms with van der Waals surface area (Å²) in [5.41, 5.74) is -0.518. The van der Waals surface area contributed by atoms with Crippen LogP contribution in [0.25, 0.3) is 0 Å². The Morgan fingerprint density at radius 1 is 1.23 bits per heavy atom. The van der Waals surface area contributed by atoms with Gasteiger partial charge in [-0.25, -0.2) is 0 Å². The third-order valence-electron chi connectivity index (χ3n) is 5.31. The Balaban J connectivity index is 2.01. The maximum Gasteiger partial charge on any atom is 0.261 e. The van der Waals surface area contributed by atoms with E-state index in [0.29, 0.717) is 30.0 Å². The Morgan fingerprint density at radius 2 is 1.91 bits per heavy atom. The number of benzene rings is 1. The number of para-hydroxylation sites is 1. The number of amides is 1. The van der Waals surface area contributed by atoms with Crippen LogP contribution in [0.1, 0.15) is 45.6 Å². The van der Waals surface area contributed by atoms with Gasteiger partial charge in [0.05, 0.1) is 5.92 Å². The number of nitrogens with one attached hydrogen (secondary N) is 1. The van der Waals surface area contributed by atoms with Crippen molar-refractivity contribution in [2.75, 3.05) is 5.32 Å². The number of ketones is 1. The molecule has 0 saturated heterocycles. The number of aliphatic hydroxyl groups is 1. The fourth-order valence-electron chi connectivity index (χ4n) is 3.82. The van der Waals surface area contributed by atoms with Gasteiger partial charge in [-0.15, -0.1) is 0 Å². The van der Waals surface area contributed by atoms with Crippen molar-refractivity contribution in [1.82, 2.24) is 0 Å². The molecule has 1 aliphatic carbocycles. The zero-order valence-corrected chi connectivity index (χ0v) is 13.3. The Morgan fingerprint density at radius 3 is 2.59 bits per heavy atom. The lowest BCUT2D eigenvalue weighted by Crippen LogP contribution is -2.49. The second-order valence-corrected chi connectivity index (χ2v) is 7.62. The maximum absolute atomic E-state index is 12.5. The van der Waals surface area contributed by atoms with Crippen LogP contribution in [0, 0.1) is 17.3 Å². The predicted molar refractivity (Wildman–Crippen MR) is 84.3 cm³/mol. The first kappa shape index (κ1) is 15.2. The number of carbonyl (C=O) groups excluding carboxylic acids is 2. The van der Waals surface area contributed by atoms with E-state index in [9.17, 15) is 14.7 Å². The summed E-state index contributed by atoms with van der Waals surface area (Å²) in [6.07, 6.45) is 1.82. The number of fused-ring (bicyclic) bond motifs is 1. The SMILES string of the molecule is CC(C)(C)[C@H]1CCC(=O)[C@H]([C@@]2(O)C(=O)Nc3ccccc32)C1. The van der Waals surface area contributed by atoms with E-state index in [1.165, 1.54) is 0 Å². The minimum Gasteiger partial charge on any atom is -0.375 e. The first-order valence-electron chi connectivity index (χ1n) is 7.90. The fraction of sp³-hybridized carbons (Fsp3) is 0.556. The van der Waals surface area contributed by atoms with Crippen molar-refractivity contribution in [1.29, 1.82) is 0 Å². The first-order chi connectivity index (χ1) is 10.2. The molecule has 2 N–H and O–H groups in total. The molecule has 1 heterocycles. The van der Waals surface area contributed by atoms with Crippen LogP contribution in [0.2, 0.25) is 0 Å². The van der Waals surface area contributed by atoms with Crippen molar-refractivity contribution in [3.8, 4) is 0 Å². The summed E-state index contributed by atoms with van der Waals surface area (Å²) in [6.45, 7) is 6.45. The number of anilines is 1. The maximum atomic E-state index is 12.5. The van der Waals surface area contributed by atoms with Crippen LogP contribution in [0.5, 0.6) is 0 Å². The van der Waals surface area contributed by atoms with E-state index in [1.807, 2.05) is 6.07 Å². The highest BCUT2D eigenvalue weighted by Gasteiger charge is 2.55. The van der Waals surface area contributed by atoms with Gasteiger partial charge in [0.25, 0.3) is 5.91 Å². The van der Waals surface area contributed by atoms with Crippen molar-refractivity contribution in [2.45, 2.75) is 45.6 Å². The van der Waals surface area contributed by atoms with Gasteiger partial charge in [0, 0.05) is 17.7 Å². The highest BCUT2D eigenvalue weighted by atomic mass is 16.3. The molecule has 22 heavy (non-hydrogen) atoms. The molecule has 1 saturated carbocycles. The topological polar surface area (TPSA) is 66.4 Å². The molecule has 1 amide bonds. The molecule has 3 atom stereocenters. The van der Waals surface area contributed by atoms with E-state index in [4.69, 9.17) is 0 Å². The van der Waals surface area contributed by atoms with E-state index >= 15 is 0 Å².